The molecule has 2 atom stereocenters. The fourth-order valence-electron chi connectivity index (χ4n) is 4.28. The Bertz CT molecular complexity index is 597. The number of amides is 1. The Hall–Kier alpha value is -1.02. The Morgan fingerprint density at radius 2 is 1.46 bits per heavy atom. The van der Waals surface area contributed by atoms with Gasteiger partial charge in [0.1, 0.15) is 0 Å². The first kappa shape index (κ1) is 36.0. The predicted octanol–water partition coefficient (Wildman–Crippen LogP) is 5.26. The van der Waals surface area contributed by atoms with Crippen molar-refractivity contribution in [2.45, 2.75) is 131 Å². The fourth-order valence-corrected chi connectivity index (χ4v) is 4.28. The van der Waals surface area contributed by atoms with Gasteiger partial charge < -0.3 is 25.4 Å². The Balaban J connectivity index is 5.03. The van der Waals surface area contributed by atoms with Gasteiger partial charge in [0.2, 0.25) is 5.91 Å². The van der Waals surface area contributed by atoms with Crippen molar-refractivity contribution >= 4 is 11.7 Å². The second-order valence-electron chi connectivity index (χ2n) is 13.0. The van der Waals surface area contributed by atoms with Crippen LogP contribution in [-0.2, 0) is 19.1 Å². The van der Waals surface area contributed by atoms with E-state index in [0.717, 1.165) is 51.6 Å². The molecule has 7 heteroatoms. The van der Waals surface area contributed by atoms with Gasteiger partial charge in [0.05, 0.1) is 19.3 Å². The number of unbranched alkanes of at least 4 members (excludes halogenated alkanes) is 2. The lowest BCUT2D eigenvalue weighted by molar-refractivity contribution is -0.131. The van der Waals surface area contributed by atoms with Gasteiger partial charge in [-0.05, 0) is 84.2 Å². The third kappa shape index (κ3) is 22.7. The first-order valence-electron chi connectivity index (χ1n) is 14.6. The lowest BCUT2D eigenvalue weighted by Crippen LogP contribution is -2.44. The first-order valence-corrected chi connectivity index (χ1v) is 14.6. The number of carbonyl (C=O) groups is 2. The number of Topliss-reactive ketones (excluding diaryl/α,β-unsaturated/α-hetero) is 1. The Kier molecular flexibility index (Phi) is 19.4. The van der Waals surface area contributed by atoms with Crippen molar-refractivity contribution in [3.05, 3.63) is 0 Å². The summed E-state index contributed by atoms with van der Waals surface area (Å²) in [4.78, 5) is 26.6. The molecule has 2 unspecified atom stereocenters. The number of hydrogen-bond donors (Lipinski definition) is 3. The molecule has 3 N–H and O–H groups in total. The molecule has 0 bridgehead atoms. The van der Waals surface area contributed by atoms with Gasteiger partial charge in [-0.15, -0.1) is 0 Å². The molecule has 0 rings (SSSR count). The summed E-state index contributed by atoms with van der Waals surface area (Å²) >= 11 is 0. The topological polar surface area (TPSA) is 88.7 Å². The van der Waals surface area contributed by atoms with E-state index in [1.165, 1.54) is 0 Å². The minimum atomic E-state index is -0.421. The van der Waals surface area contributed by atoms with Gasteiger partial charge in [-0.3, -0.25) is 9.59 Å². The van der Waals surface area contributed by atoms with Crippen LogP contribution in [0.25, 0.3) is 0 Å². The summed E-state index contributed by atoms with van der Waals surface area (Å²) in [5.41, 5.74) is 0.155. The van der Waals surface area contributed by atoms with Gasteiger partial charge in [-0.1, -0.05) is 41.0 Å². The van der Waals surface area contributed by atoms with E-state index in [1.807, 2.05) is 0 Å². The third-order valence-corrected chi connectivity index (χ3v) is 6.19. The minimum Gasteiger partial charge on any atom is -0.382 e. The van der Waals surface area contributed by atoms with Gasteiger partial charge in [0, 0.05) is 37.6 Å². The molecule has 0 radical (unpaired) electrons. The molecule has 0 aliphatic rings. The molecule has 0 aliphatic carbocycles. The van der Waals surface area contributed by atoms with Crippen molar-refractivity contribution in [1.82, 2.24) is 16.0 Å². The smallest absolute Gasteiger partial charge is 0.223 e. The van der Waals surface area contributed by atoms with Crippen molar-refractivity contribution in [3.8, 4) is 0 Å². The lowest BCUT2D eigenvalue weighted by Gasteiger charge is -2.28. The summed E-state index contributed by atoms with van der Waals surface area (Å²) in [5.74, 6) is 0.0722. The van der Waals surface area contributed by atoms with E-state index in [9.17, 15) is 9.59 Å². The van der Waals surface area contributed by atoms with Gasteiger partial charge in [-0.25, -0.2) is 0 Å². The average molecular weight is 528 g/mol. The van der Waals surface area contributed by atoms with E-state index >= 15 is 0 Å². The van der Waals surface area contributed by atoms with Crippen molar-refractivity contribution in [2.24, 2.45) is 11.3 Å². The molecule has 220 valence electrons. The summed E-state index contributed by atoms with van der Waals surface area (Å²) in [6.07, 6.45) is 7.37. The Labute approximate surface area is 229 Å². The van der Waals surface area contributed by atoms with Crippen LogP contribution in [0.4, 0.5) is 0 Å². The maximum atomic E-state index is 13.5. The normalized spacial score (nSPS) is 14.1. The summed E-state index contributed by atoms with van der Waals surface area (Å²) < 4.78 is 10.5. The zero-order valence-corrected chi connectivity index (χ0v) is 25.8. The number of methoxy groups -OCH3 is 1. The van der Waals surface area contributed by atoms with Crippen LogP contribution in [0.3, 0.4) is 0 Å². The van der Waals surface area contributed by atoms with E-state index in [0.29, 0.717) is 45.1 Å². The standard InChI is InChI=1S/C30H61N3O4/c1-24(2)31-18-12-11-16-26(27(34)17-14-20-37-22-21-36-9)33-28(35)25(23-29(3,4)5)15-10-13-19-32-30(6,7)8/h24-26,31-32H,10-23H2,1-9H3,(H,33,35). The van der Waals surface area contributed by atoms with Gasteiger partial charge in [-0.2, -0.15) is 0 Å². The molecule has 0 aromatic heterocycles. The summed E-state index contributed by atoms with van der Waals surface area (Å²) in [6.45, 7) is 20.8. The molecule has 0 heterocycles. The number of nitrogens with one attached hydrogen (secondary N) is 3. The third-order valence-electron chi connectivity index (χ3n) is 6.19. The van der Waals surface area contributed by atoms with E-state index in [1.54, 1.807) is 7.11 Å². The number of ketones is 1. The number of carbonyl (C=O) groups excluding carboxylic acids is 2. The molecular formula is C30H61N3O4. The van der Waals surface area contributed by atoms with Crippen LogP contribution in [0.2, 0.25) is 0 Å². The van der Waals surface area contributed by atoms with Gasteiger partial charge >= 0.3 is 0 Å². The van der Waals surface area contributed by atoms with Crippen molar-refractivity contribution in [2.75, 3.05) is 40.0 Å². The average Bonchev–Trinajstić information content (AvgIpc) is 2.77. The van der Waals surface area contributed by atoms with E-state index in [-0.39, 0.29) is 28.6 Å². The molecule has 7 nitrogen and oxygen atoms in total. The summed E-state index contributed by atoms with van der Waals surface area (Å²) in [5, 5.41) is 10.1. The highest BCUT2D eigenvalue weighted by Crippen LogP contribution is 2.28. The number of ether oxygens (including phenoxy) is 2. The fraction of sp³-hybridized carbons (Fsp3) is 0.933. The number of hydrogen-bond acceptors (Lipinski definition) is 6. The van der Waals surface area contributed by atoms with Gasteiger partial charge in [0.15, 0.2) is 5.78 Å². The zero-order chi connectivity index (χ0) is 28.3. The van der Waals surface area contributed by atoms with E-state index < -0.39 is 6.04 Å². The molecule has 37 heavy (non-hydrogen) atoms. The quantitative estimate of drug-likeness (QED) is 0.166. The van der Waals surface area contributed by atoms with E-state index in [4.69, 9.17) is 9.47 Å². The van der Waals surface area contributed by atoms with Crippen LogP contribution in [0.5, 0.6) is 0 Å². The SMILES string of the molecule is COCCOCCCC(=O)C(CCCCNC(C)C)NC(=O)C(CCCCNC(C)(C)C)CC(C)(C)C. The first-order chi connectivity index (χ1) is 17.2. The van der Waals surface area contributed by atoms with Crippen molar-refractivity contribution in [1.29, 1.82) is 0 Å². The maximum absolute atomic E-state index is 13.5. The number of rotatable bonds is 22. The second-order valence-corrected chi connectivity index (χ2v) is 13.0. The van der Waals surface area contributed by atoms with Crippen LogP contribution in [0, 0.1) is 11.3 Å². The lowest BCUT2D eigenvalue weighted by atomic mass is 9.81. The molecule has 0 aromatic rings. The monoisotopic (exact) mass is 527 g/mol. The molecule has 0 spiro atoms. The summed E-state index contributed by atoms with van der Waals surface area (Å²) in [7, 11) is 1.65. The molecule has 1 amide bonds. The molecular weight excluding hydrogens is 466 g/mol. The molecule has 0 aliphatic heterocycles. The summed E-state index contributed by atoms with van der Waals surface area (Å²) in [6, 6.07) is 0.0301. The molecule has 0 fully saturated rings. The van der Waals surface area contributed by atoms with Crippen LogP contribution in [0.1, 0.15) is 113 Å². The Morgan fingerprint density at radius 1 is 0.811 bits per heavy atom. The van der Waals surface area contributed by atoms with E-state index in [2.05, 4.69) is 71.3 Å². The molecule has 0 saturated heterocycles. The molecule has 0 saturated carbocycles. The highest BCUT2D eigenvalue weighted by atomic mass is 16.5. The predicted molar refractivity (Wildman–Crippen MR) is 155 cm³/mol. The highest BCUT2D eigenvalue weighted by molar-refractivity contribution is 5.89. The van der Waals surface area contributed by atoms with Crippen LogP contribution in [-0.4, -0.2) is 69.3 Å². The zero-order valence-electron chi connectivity index (χ0n) is 25.8. The van der Waals surface area contributed by atoms with Crippen LogP contribution < -0.4 is 16.0 Å². The van der Waals surface area contributed by atoms with Crippen molar-refractivity contribution in [3.63, 3.8) is 0 Å². The maximum Gasteiger partial charge on any atom is 0.223 e. The van der Waals surface area contributed by atoms with Crippen molar-refractivity contribution < 1.29 is 19.1 Å². The largest absolute Gasteiger partial charge is 0.382 e. The second kappa shape index (κ2) is 20.0. The highest BCUT2D eigenvalue weighted by Gasteiger charge is 2.28. The van der Waals surface area contributed by atoms with Crippen LogP contribution >= 0.6 is 0 Å². The Morgan fingerprint density at radius 3 is 2.05 bits per heavy atom. The van der Waals surface area contributed by atoms with Crippen LogP contribution in [0.15, 0.2) is 0 Å². The minimum absolute atomic E-state index is 0.0358. The van der Waals surface area contributed by atoms with Gasteiger partial charge in [0.25, 0.3) is 0 Å². The molecule has 0 aromatic carbocycles.